The van der Waals surface area contributed by atoms with Gasteiger partial charge in [-0.1, -0.05) is 11.6 Å². The number of oxazole rings is 1. The van der Waals surface area contributed by atoms with E-state index in [0.29, 0.717) is 10.6 Å². The normalized spacial score (nSPS) is 11.7. The Kier molecular flexibility index (Phi) is 4.82. The summed E-state index contributed by atoms with van der Waals surface area (Å²) in [6.45, 7) is 7.29. The molecule has 0 fully saturated rings. The van der Waals surface area contributed by atoms with Gasteiger partial charge in [-0.25, -0.2) is 19.2 Å². The molecule has 0 bridgehead atoms. The molecule has 0 atom stereocenters. The van der Waals surface area contributed by atoms with Crippen LogP contribution in [0.15, 0.2) is 34.7 Å². The first-order valence-electron chi connectivity index (χ1n) is 8.18. The molecule has 0 radical (unpaired) electrons. The van der Waals surface area contributed by atoms with E-state index in [2.05, 4.69) is 10.4 Å². The van der Waals surface area contributed by atoms with Crippen molar-refractivity contribution in [3.63, 3.8) is 0 Å². The Morgan fingerprint density at radius 2 is 1.81 bits per heavy atom. The van der Waals surface area contributed by atoms with Gasteiger partial charge in [-0.05, 0) is 51.5 Å². The number of nitrogens with one attached hydrogen (secondary N) is 1. The average Bonchev–Trinajstić information content (AvgIpc) is 2.92. The van der Waals surface area contributed by atoms with Gasteiger partial charge in [0.1, 0.15) is 5.52 Å². The molecule has 0 aliphatic rings. The minimum absolute atomic E-state index is 0.0583. The number of aryl methyl sites for hydroxylation is 1. The van der Waals surface area contributed by atoms with E-state index in [1.165, 1.54) is 5.01 Å². The topological polar surface area (TPSA) is 58.4 Å². The molecule has 1 heterocycles. The van der Waals surface area contributed by atoms with Gasteiger partial charge in [0, 0.05) is 22.7 Å². The molecule has 3 aromatic rings. The molecule has 0 aliphatic heterocycles. The van der Waals surface area contributed by atoms with E-state index in [1.54, 1.807) is 18.2 Å². The van der Waals surface area contributed by atoms with Crippen LogP contribution < -0.4 is 5.43 Å². The van der Waals surface area contributed by atoms with Crippen molar-refractivity contribution in [1.82, 2.24) is 9.99 Å². The van der Waals surface area contributed by atoms with E-state index in [9.17, 15) is 13.6 Å². The number of amides is 1. The van der Waals surface area contributed by atoms with Gasteiger partial charge >= 0.3 is 6.01 Å². The van der Waals surface area contributed by atoms with Crippen molar-refractivity contribution in [1.29, 1.82) is 0 Å². The second-order valence-corrected chi connectivity index (χ2v) is 7.63. The molecule has 0 aliphatic carbocycles. The monoisotopic (exact) mass is 393 g/mol. The van der Waals surface area contributed by atoms with Crippen LogP contribution in [0.5, 0.6) is 0 Å². The summed E-state index contributed by atoms with van der Waals surface area (Å²) in [5.74, 6) is -2.42. The number of nitrogens with zero attached hydrogens (tertiary/aromatic N) is 2. The molecule has 1 aromatic heterocycles. The van der Waals surface area contributed by atoms with Crippen LogP contribution in [0, 0.1) is 18.6 Å². The second kappa shape index (κ2) is 6.81. The number of halogens is 3. The van der Waals surface area contributed by atoms with E-state index < -0.39 is 17.2 Å². The quantitative estimate of drug-likeness (QED) is 0.610. The summed E-state index contributed by atoms with van der Waals surface area (Å²) in [6.07, 6.45) is 0. The summed E-state index contributed by atoms with van der Waals surface area (Å²) in [6, 6.07) is 6.81. The Hall–Kier alpha value is -2.67. The number of anilines is 1. The van der Waals surface area contributed by atoms with Crippen LogP contribution >= 0.6 is 11.6 Å². The summed E-state index contributed by atoms with van der Waals surface area (Å²) in [7, 11) is 0. The average molecular weight is 394 g/mol. The number of hydrogen-bond acceptors (Lipinski definition) is 4. The van der Waals surface area contributed by atoms with E-state index in [4.69, 9.17) is 16.0 Å². The minimum atomic E-state index is -1.04. The first-order chi connectivity index (χ1) is 12.5. The first-order valence-corrected chi connectivity index (χ1v) is 8.56. The number of hydrazine groups is 1. The number of hydrogen-bond donors (Lipinski definition) is 1. The van der Waals surface area contributed by atoms with Gasteiger partial charge in [0.2, 0.25) is 0 Å². The van der Waals surface area contributed by atoms with Crippen LogP contribution in [0.2, 0.25) is 5.02 Å². The highest BCUT2D eigenvalue weighted by Crippen LogP contribution is 2.25. The second-order valence-electron chi connectivity index (χ2n) is 7.19. The van der Waals surface area contributed by atoms with Crippen LogP contribution in [0.25, 0.3) is 11.1 Å². The number of carbonyl (C=O) groups excluding carboxylic acids is 1. The van der Waals surface area contributed by atoms with E-state index in [-0.39, 0.29) is 23.0 Å². The predicted molar refractivity (Wildman–Crippen MR) is 99.7 cm³/mol. The van der Waals surface area contributed by atoms with Gasteiger partial charge in [-0.2, -0.15) is 4.98 Å². The third-order valence-electron chi connectivity index (χ3n) is 3.80. The molecule has 3 rings (SSSR count). The van der Waals surface area contributed by atoms with E-state index in [0.717, 1.165) is 17.7 Å². The van der Waals surface area contributed by atoms with Crippen molar-refractivity contribution >= 4 is 34.6 Å². The molecule has 2 aromatic carbocycles. The summed E-state index contributed by atoms with van der Waals surface area (Å²) >= 11 is 6.06. The maximum Gasteiger partial charge on any atom is 0.315 e. The molecule has 0 saturated carbocycles. The Balaban J connectivity index is 1.97. The summed E-state index contributed by atoms with van der Waals surface area (Å²) < 4.78 is 32.2. The lowest BCUT2D eigenvalue weighted by Gasteiger charge is -2.35. The standard InChI is InChI=1S/C19H18ClF2N3O2/c1-10-5-11(7-12(20)6-10)17(26)25(19(2,3)4)24-18-23-15-8-13(21)14(22)9-16(15)27-18/h5-9H,1-4H3,(H,23,24). The highest BCUT2D eigenvalue weighted by Gasteiger charge is 2.29. The Labute approximate surface area is 159 Å². The zero-order valence-electron chi connectivity index (χ0n) is 15.2. The smallest absolute Gasteiger partial charge is 0.315 e. The highest BCUT2D eigenvalue weighted by molar-refractivity contribution is 6.31. The minimum Gasteiger partial charge on any atom is -0.422 e. The molecule has 5 nitrogen and oxygen atoms in total. The third kappa shape index (κ3) is 4.03. The Morgan fingerprint density at radius 3 is 2.44 bits per heavy atom. The van der Waals surface area contributed by atoms with Crippen LogP contribution in [-0.2, 0) is 0 Å². The van der Waals surface area contributed by atoms with Crippen LogP contribution in [0.1, 0.15) is 36.7 Å². The lowest BCUT2D eigenvalue weighted by Crippen LogP contribution is -2.49. The Morgan fingerprint density at radius 1 is 1.15 bits per heavy atom. The summed E-state index contributed by atoms with van der Waals surface area (Å²) in [5.41, 5.74) is 3.57. The molecule has 0 spiro atoms. The number of aromatic nitrogens is 1. The van der Waals surface area contributed by atoms with Crippen LogP contribution in [-0.4, -0.2) is 21.4 Å². The molecule has 0 saturated heterocycles. The van der Waals surface area contributed by atoms with Crippen molar-refractivity contribution in [2.24, 2.45) is 0 Å². The number of fused-ring (bicyclic) bond motifs is 1. The van der Waals surface area contributed by atoms with Gasteiger partial charge in [0.15, 0.2) is 17.2 Å². The third-order valence-corrected chi connectivity index (χ3v) is 4.02. The van der Waals surface area contributed by atoms with Gasteiger partial charge in [0.05, 0.1) is 5.54 Å². The van der Waals surface area contributed by atoms with Gasteiger partial charge in [-0.3, -0.25) is 4.79 Å². The fraction of sp³-hybridized carbons (Fsp3) is 0.263. The van der Waals surface area contributed by atoms with Crippen molar-refractivity contribution < 1.29 is 18.0 Å². The number of rotatable bonds is 3. The largest absolute Gasteiger partial charge is 0.422 e. The van der Waals surface area contributed by atoms with Crippen molar-refractivity contribution in [3.8, 4) is 0 Å². The fourth-order valence-corrected chi connectivity index (χ4v) is 2.87. The zero-order chi connectivity index (χ0) is 19.9. The van der Waals surface area contributed by atoms with Crippen LogP contribution in [0.3, 0.4) is 0 Å². The van der Waals surface area contributed by atoms with Crippen molar-refractivity contribution in [2.75, 3.05) is 5.43 Å². The molecular formula is C19H18ClF2N3O2. The van der Waals surface area contributed by atoms with Crippen LogP contribution in [0.4, 0.5) is 14.8 Å². The van der Waals surface area contributed by atoms with E-state index in [1.807, 2.05) is 27.7 Å². The maximum atomic E-state index is 13.4. The molecule has 142 valence electrons. The molecule has 1 amide bonds. The fourth-order valence-electron chi connectivity index (χ4n) is 2.58. The van der Waals surface area contributed by atoms with Crippen molar-refractivity contribution in [2.45, 2.75) is 33.2 Å². The first kappa shape index (κ1) is 19.1. The predicted octanol–water partition coefficient (Wildman–Crippen LogP) is 5.34. The van der Waals surface area contributed by atoms with Gasteiger partial charge < -0.3 is 4.42 Å². The Bertz CT molecular complexity index is 968. The van der Waals surface area contributed by atoms with Crippen molar-refractivity contribution in [3.05, 3.63) is 58.1 Å². The number of carbonyl (C=O) groups is 1. The number of benzene rings is 2. The summed E-state index contributed by atoms with van der Waals surface area (Å²) in [5, 5.41) is 1.77. The summed E-state index contributed by atoms with van der Waals surface area (Å²) in [4.78, 5) is 17.1. The van der Waals surface area contributed by atoms with E-state index >= 15 is 0 Å². The molecule has 0 unspecified atom stereocenters. The molecule has 1 N–H and O–H groups in total. The van der Waals surface area contributed by atoms with Gasteiger partial charge in [0.25, 0.3) is 5.91 Å². The molecule has 8 heteroatoms. The molecule has 27 heavy (non-hydrogen) atoms. The lowest BCUT2D eigenvalue weighted by atomic mass is 10.1. The van der Waals surface area contributed by atoms with Gasteiger partial charge in [-0.15, -0.1) is 0 Å². The SMILES string of the molecule is Cc1cc(Cl)cc(C(=O)N(Nc2nc3cc(F)c(F)cc3o2)C(C)(C)C)c1. The maximum absolute atomic E-state index is 13.4. The molecular weight excluding hydrogens is 376 g/mol. The highest BCUT2D eigenvalue weighted by atomic mass is 35.5. The lowest BCUT2D eigenvalue weighted by molar-refractivity contribution is 0.0644. The zero-order valence-corrected chi connectivity index (χ0v) is 16.0.